The van der Waals surface area contributed by atoms with Gasteiger partial charge in [0, 0.05) is 18.2 Å². The third-order valence-electron chi connectivity index (χ3n) is 3.88. The first kappa shape index (κ1) is 17.6. The average Bonchev–Trinajstić information content (AvgIpc) is 2.49. The minimum absolute atomic E-state index is 0.0228. The second-order valence-electron chi connectivity index (χ2n) is 5.34. The van der Waals surface area contributed by atoms with Crippen LogP contribution in [0.15, 0.2) is 17.0 Å². The maximum absolute atomic E-state index is 12.8. The van der Waals surface area contributed by atoms with Crippen LogP contribution in [0.2, 0.25) is 5.02 Å². The summed E-state index contributed by atoms with van der Waals surface area (Å²) in [4.78, 5) is 21.6. The van der Waals surface area contributed by atoms with Crippen LogP contribution in [0, 0.1) is 17.0 Å². The highest BCUT2D eigenvalue weighted by molar-refractivity contribution is 7.89. The summed E-state index contributed by atoms with van der Waals surface area (Å²) in [5.74, 6) is -0.735. The van der Waals surface area contributed by atoms with Gasteiger partial charge in [0.2, 0.25) is 15.9 Å². The number of nitrogens with two attached hydrogens (primary N) is 1. The molecule has 1 aliphatic heterocycles. The van der Waals surface area contributed by atoms with Crippen molar-refractivity contribution in [1.29, 1.82) is 0 Å². The van der Waals surface area contributed by atoms with E-state index in [0.717, 1.165) is 16.4 Å². The molecule has 126 valence electrons. The molecule has 1 aromatic carbocycles. The summed E-state index contributed by atoms with van der Waals surface area (Å²) in [6.45, 7) is 1.57. The average molecular weight is 362 g/mol. The van der Waals surface area contributed by atoms with Gasteiger partial charge in [-0.2, -0.15) is 4.31 Å². The zero-order chi connectivity index (χ0) is 17.4. The van der Waals surface area contributed by atoms with Gasteiger partial charge in [0.15, 0.2) is 0 Å². The van der Waals surface area contributed by atoms with Crippen LogP contribution in [0.4, 0.5) is 5.69 Å². The predicted octanol–water partition coefficient (Wildman–Crippen LogP) is 1.59. The second-order valence-corrected chi connectivity index (χ2v) is 7.63. The lowest BCUT2D eigenvalue weighted by Gasteiger charge is -2.32. The molecule has 0 unspecified atom stereocenters. The largest absolute Gasteiger partial charge is 0.368 e. The third kappa shape index (κ3) is 3.31. The summed E-state index contributed by atoms with van der Waals surface area (Å²) < 4.78 is 26.6. The standard InChI is InChI=1S/C13H16ClN3O5S/c1-8-10(14)6-9(7-12(8)17(19)20)23(21,22)16-5-3-2-4-11(16)13(15)18/h6-7,11H,2-5H2,1H3,(H2,15,18)/t11-/m0/s1. The molecular formula is C13H16ClN3O5S. The molecule has 1 atom stereocenters. The van der Waals surface area contributed by atoms with Crippen molar-refractivity contribution in [3.63, 3.8) is 0 Å². The first-order valence-electron chi connectivity index (χ1n) is 6.92. The van der Waals surface area contributed by atoms with Gasteiger partial charge in [0.05, 0.1) is 14.8 Å². The van der Waals surface area contributed by atoms with Gasteiger partial charge in [-0.05, 0) is 25.8 Å². The minimum Gasteiger partial charge on any atom is -0.368 e. The van der Waals surface area contributed by atoms with E-state index in [-0.39, 0.29) is 27.7 Å². The van der Waals surface area contributed by atoms with Crippen LogP contribution in [0.1, 0.15) is 24.8 Å². The van der Waals surface area contributed by atoms with Crippen LogP contribution in [0.3, 0.4) is 0 Å². The van der Waals surface area contributed by atoms with E-state index in [9.17, 15) is 23.3 Å². The topological polar surface area (TPSA) is 124 Å². The number of primary amides is 1. The van der Waals surface area contributed by atoms with Gasteiger partial charge in [-0.1, -0.05) is 18.0 Å². The first-order chi connectivity index (χ1) is 10.7. The number of nitro benzene ring substituents is 1. The van der Waals surface area contributed by atoms with Crippen molar-refractivity contribution in [1.82, 2.24) is 4.31 Å². The molecule has 1 fully saturated rings. The van der Waals surface area contributed by atoms with Gasteiger partial charge in [-0.15, -0.1) is 0 Å². The zero-order valence-corrected chi connectivity index (χ0v) is 13.9. The number of hydrogen-bond acceptors (Lipinski definition) is 5. The highest BCUT2D eigenvalue weighted by Gasteiger charge is 2.37. The van der Waals surface area contributed by atoms with Crippen molar-refractivity contribution >= 4 is 33.2 Å². The van der Waals surface area contributed by atoms with E-state index in [0.29, 0.717) is 19.3 Å². The Hall–Kier alpha value is -1.71. The SMILES string of the molecule is Cc1c(Cl)cc(S(=O)(=O)N2CCCC[C@H]2C(N)=O)cc1[N+](=O)[O-]. The quantitative estimate of drug-likeness (QED) is 0.644. The van der Waals surface area contributed by atoms with Gasteiger partial charge in [0.25, 0.3) is 5.69 Å². The molecule has 10 heteroatoms. The molecule has 1 heterocycles. The second kappa shape index (κ2) is 6.42. The summed E-state index contributed by atoms with van der Waals surface area (Å²) >= 11 is 5.93. The summed E-state index contributed by atoms with van der Waals surface area (Å²) in [5, 5.41) is 11.0. The van der Waals surface area contributed by atoms with Crippen LogP contribution in [0.5, 0.6) is 0 Å². The molecule has 23 heavy (non-hydrogen) atoms. The number of nitrogens with zero attached hydrogens (tertiary/aromatic N) is 2. The molecule has 0 aromatic heterocycles. The summed E-state index contributed by atoms with van der Waals surface area (Å²) in [5.41, 5.74) is 5.08. The Morgan fingerprint density at radius 3 is 2.65 bits per heavy atom. The van der Waals surface area contributed by atoms with Crippen LogP contribution in [-0.2, 0) is 14.8 Å². The van der Waals surface area contributed by atoms with Crippen LogP contribution < -0.4 is 5.73 Å². The van der Waals surface area contributed by atoms with Gasteiger partial charge in [-0.25, -0.2) is 8.42 Å². The van der Waals surface area contributed by atoms with Crippen molar-refractivity contribution in [2.24, 2.45) is 5.73 Å². The molecular weight excluding hydrogens is 346 g/mol. The predicted molar refractivity (Wildman–Crippen MR) is 83.6 cm³/mol. The Morgan fingerprint density at radius 2 is 2.09 bits per heavy atom. The molecule has 1 aliphatic rings. The minimum atomic E-state index is -4.11. The van der Waals surface area contributed by atoms with E-state index in [2.05, 4.69) is 0 Å². The number of amides is 1. The number of carbonyl (C=O) groups excluding carboxylic acids is 1. The zero-order valence-electron chi connectivity index (χ0n) is 12.4. The van der Waals surface area contributed by atoms with E-state index < -0.39 is 26.9 Å². The fourth-order valence-corrected chi connectivity index (χ4v) is 4.58. The number of sulfonamides is 1. The van der Waals surface area contributed by atoms with E-state index in [1.54, 1.807) is 0 Å². The van der Waals surface area contributed by atoms with E-state index in [1.807, 2.05) is 0 Å². The fourth-order valence-electron chi connectivity index (χ4n) is 2.59. The monoisotopic (exact) mass is 361 g/mol. The molecule has 2 N–H and O–H groups in total. The fraction of sp³-hybridized carbons (Fsp3) is 0.462. The van der Waals surface area contributed by atoms with E-state index >= 15 is 0 Å². The lowest BCUT2D eigenvalue weighted by atomic mass is 10.0. The van der Waals surface area contributed by atoms with E-state index in [4.69, 9.17) is 17.3 Å². The van der Waals surface area contributed by atoms with Gasteiger partial charge in [-0.3, -0.25) is 14.9 Å². The number of rotatable bonds is 4. The highest BCUT2D eigenvalue weighted by Crippen LogP contribution is 2.32. The molecule has 0 bridgehead atoms. The lowest BCUT2D eigenvalue weighted by Crippen LogP contribution is -2.50. The summed E-state index contributed by atoms with van der Waals surface area (Å²) in [6.07, 6.45) is 1.61. The number of carbonyl (C=O) groups is 1. The van der Waals surface area contributed by atoms with Crippen LogP contribution in [-0.4, -0.2) is 36.1 Å². The van der Waals surface area contributed by atoms with Crippen LogP contribution >= 0.6 is 11.6 Å². The maximum atomic E-state index is 12.8. The van der Waals surface area contributed by atoms with Gasteiger partial charge in [0.1, 0.15) is 6.04 Å². The summed E-state index contributed by atoms with van der Waals surface area (Å²) in [7, 11) is -4.11. The Labute approximate surface area is 138 Å². The molecule has 0 radical (unpaired) electrons. The molecule has 0 spiro atoms. The smallest absolute Gasteiger partial charge is 0.275 e. The highest BCUT2D eigenvalue weighted by atomic mass is 35.5. The summed E-state index contributed by atoms with van der Waals surface area (Å²) in [6, 6.07) is 1.17. The third-order valence-corrected chi connectivity index (χ3v) is 6.15. The molecule has 1 aromatic rings. The molecule has 8 nitrogen and oxygen atoms in total. The van der Waals surface area contributed by atoms with Crippen LogP contribution in [0.25, 0.3) is 0 Å². The molecule has 1 saturated heterocycles. The molecule has 0 saturated carbocycles. The normalized spacial score (nSPS) is 19.5. The Kier molecular flexibility index (Phi) is 4.92. The van der Waals surface area contributed by atoms with Crippen molar-refractivity contribution < 1.29 is 18.1 Å². The number of hydrogen-bond donors (Lipinski definition) is 1. The number of piperidine rings is 1. The lowest BCUT2D eigenvalue weighted by molar-refractivity contribution is -0.385. The number of nitro groups is 1. The molecule has 2 rings (SSSR count). The Bertz CT molecular complexity index is 765. The Morgan fingerprint density at radius 1 is 1.43 bits per heavy atom. The van der Waals surface area contributed by atoms with Gasteiger partial charge < -0.3 is 5.73 Å². The van der Waals surface area contributed by atoms with Gasteiger partial charge >= 0.3 is 0 Å². The van der Waals surface area contributed by atoms with Crippen molar-refractivity contribution in [3.8, 4) is 0 Å². The molecule has 0 aliphatic carbocycles. The van der Waals surface area contributed by atoms with E-state index in [1.165, 1.54) is 6.92 Å². The van der Waals surface area contributed by atoms with Crippen molar-refractivity contribution in [2.45, 2.75) is 37.1 Å². The van der Waals surface area contributed by atoms with Crippen molar-refractivity contribution in [3.05, 3.63) is 32.8 Å². The number of benzene rings is 1. The Balaban J connectivity index is 2.55. The van der Waals surface area contributed by atoms with Crippen molar-refractivity contribution in [2.75, 3.05) is 6.54 Å². The molecule has 1 amide bonds. The first-order valence-corrected chi connectivity index (χ1v) is 8.73. The number of halogens is 1. The maximum Gasteiger partial charge on any atom is 0.275 e.